The molecule has 0 saturated heterocycles. The third kappa shape index (κ3) is 4.92. The smallest absolute Gasteiger partial charge is 0.119 e. The van der Waals surface area contributed by atoms with Crippen LogP contribution in [0.2, 0.25) is 0 Å². The number of benzene rings is 1. The highest BCUT2D eigenvalue weighted by molar-refractivity contribution is 7.12. The predicted molar refractivity (Wildman–Crippen MR) is 89.5 cm³/mol. The minimum atomic E-state index is 0.468. The molecule has 3 nitrogen and oxygen atoms in total. The number of thiazole rings is 1. The highest BCUT2D eigenvalue weighted by Crippen LogP contribution is 2.28. The summed E-state index contributed by atoms with van der Waals surface area (Å²) in [4.78, 5) is 6.07. The van der Waals surface area contributed by atoms with Crippen molar-refractivity contribution >= 4 is 11.3 Å². The first-order valence-electron chi connectivity index (χ1n) is 7.55. The number of rotatable bonds is 8. The van der Waals surface area contributed by atoms with Crippen LogP contribution >= 0.6 is 11.3 Å². The molecule has 0 unspecified atom stereocenters. The fourth-order valence-corrected chi connectivity index (χ4v) is 2.98. The Hall–Kier alpha value is -1.23. The van der Waals surface area contributed by atoms with Crippen LogP contribution in [0.5, 0.6) is 0 Å². The summed E-state index contributed by atoms with van der Waals surface area (Å²) in [6, 6.07) is 10.8. The molecule has 1 aromatic heterocycles. The van der Waals surface area contributed by atoms with E-state index < -0.39 is 0 Å². The Morgan fingerprint density at radius 1 is 1.24 bits per heavy atom. The maximum Gasteiger partial charge on any atom is 0.119 e. The maximum atomic E-state index is 5.63. The maximum absolute atomic E-state index is 5.63. The Balaban J connectivity index is 2.19. The van der Waals surface area contributed by atoms with E-state index in [9.17, 15) is 0 Å². The van der Waals surface area contributed by atoms with Crippen molar-refractivity contribution in [1.82, 2.24) is 10.3 Å². The standard InChI is InChI=1S/C17H24N2OS/c1-4-10-20-12-16-19-17(14-8-6-5-7-9-14)15(21-16)11-18-13(2)3/h5-9,13,18H,4,10-12H2,1-3H3. The van der Waals surface area contributed by atoms with Crippen molar-refractivity contribution in [3.8, 4) is 11.3 Å². The van der Waals surface area contributed by atoms with E-state index >= 15 is 0 Å². The lowest BCUT2D eigenvalue weighted by Crippen LogP contribution is -2.21. The van der Waals surface area contributed by atoms with Crippen molar-refractivity contribution in [2.45, 2.75) is 46.4 Å². The molecule has 21 heavy (non-hydrogen) atoms. The Labute approximate surface area is 131 Å². The van der Waals surface area contributed by atoms with Crippen molar-refractivity contribution in [2.24, 2.45) is 0 Å². The molecule has 0 aliphatic carbocycles. The van der Waals surface area contributed by atoms with Gasteiger partial charge in [-0.1, -0.05) is 51.1 Å². The first-order chi connectivity index (χ1) is 10.2. The highest BCUT2D eigenvalue weighted by Gasteiger charge is 2.13. The van der Waals surface area contributed by atoms with Gasteiger partial charge in [-0.25, -0.2) is 4.98 Å². The normalized spacial score (nSPS) is 11.2. The summed E-state index contributed by atoms with van der Waals surface area (Å²) in [6.07, 6.45) is 1.04. The molecule has 1 aromatic carbocycles. The van der Waals surface area contributed by atoms with Gasteiger partial charge in [0.2, 0.25) is 0 Å². The van der Waals surface area contributed by atoms with Crippen molar-refractivity contribution in [2.75, 3.05) is 6.61 Å². The van der Waals surface area contributed by atoms with Gasteiger partial charge in [-0.15, -0.1) is 11.3 Å². The monoisotopic (exact) mass is 304 g/mol. The second-order valence-electron chi connectivity index (χ2n) is 5.33. The molecule has 0 atom stereocenters. The largest absolute Gasteiger partial charge is 0.374 e. The zero-order chi connectivity index (χ0) is 15.1. The van der Waals surface area contributed by atoms with Gasteiger partial charge in [0.15, 0.2) is 0 Å². The van der Waals surface area contributed by atoms with Crippen molar-refractivity contribution in [3.63, 3.8) is 0 Å². The molecule has 0 amide bonds. The minimum Gasteiger partial charge on any atom is -0.374 e. The van der Waals surface area contributed by atoms with Crippen LogP contribution in [0, 0.1) is 0 Å². The molecule has 0 aliphatic heterocycles. The van der Waals surface area contributed by atoms with Crippen LogP contribution in [-0.4, -0.2) is 17.6 Å². The quantitative estimate of drug-likeness (QED) is 0.741. The van der Waals surface area contributed by atoms with E-state index in [1.165, 1.54) is 10.4 Å². The molecule has 1 N–H and O–H groups in total. The average molecular weight is 304 g/mol. The van der Waals surface area contributed by atoms with E-state index in [0.717, 1.165) is 30.3 Å². The second-order valence-corrected chi connectivity index (χ2v) is 6.50. The van der Waals surface area contributed by atoms with Crippen LogP contribution in [0.4, 0.5) is 0 Å². The van der Waals surface area contributed by atoms with E-state index in [2.05, 4.69) is 50.4 Å². The van der Waals surface area contributed by atoms with E-state index in [4.69, 9.17) is 9.72 Å². The van der Waals surface area contributed by atoms with Gasteiger partial charge in [-0.2, -0.15) is 0 Å². The molecule has 0 bridgehead atoms. The van der Waals surface area contributed by atoms with Gasteiger partial charge in [0.05, 0.1) is 12.3 Å². The zero-order valence-corrected chi connectivity index (χ0v) is 13.9. The van der Waals surface area contributed by atoms with Crippen molar-refractivity contribution < 1.29 is 4.74 Å². The SMILES string of the molecule is CCCOCc1nc(-c2ccccc2)c(CNC(C)C)s1. The van der Waals surface area contributed by atoms with E-state index in [0.29, 0.717) is 12.6 Å². The first-order valence-corrected chi connectivity index (χ1v) is 8.37. The lowest BCUT2D eigenvalue weighted by atomic mass is 10.1. The summed E-state index contributed by atoms with van der Waals surface area (Å²) < 4.78 is 5.63. The van der Waals surface area contributed by atoms with Crippen molar-refractivity contribution in [1.29, 1.82) is 0 Å². The number of ether oxygens (including phenoxy) is 1. The molecule has 2 aromatic rings. The Morgan fingerprint density at radius 2 is 2.00 bits per heavy atom. The van der Waals surface area contributed by atoms with Crippen LogP contribution in [0.1, 0.15) is 37.1 Å². The summed E-state index contributed by atoms with van der Waals surface area (Å²) in [5.74, 6) is 0. The van der Waals surface area contributed by atoms with Gasteiger partial charge in [0.25, 0.3) is 0 Å². The fraction of sp³-hybridized carbons (Fsp3) is 0.471. The zero-order valence-electron chi connectivity index (χ0n) is 13.1. The third-order valence-corrected chi connectivity index (χ3v) is 4.06. The Morgan fingerprint density at radius 3 is 2.67 bits per heavy atom. The molecule has 1 heterocycles. The summed E-state index contributed by atoms with van der Waals surface area (Å²) in [5, 5.41) is 4.54. The number of nitrogens with one attached hydrogen (secondary N) is 1. The average Bonchev–Trinajstić information content (AvgIpc) is 2.89. The number of hydrogen-bond acceptors (Lipinski definition) is 4. The molecule has 114 valence electrons. The van der Waals surface area contributed by atoms with Gasteiger partial charge >= 0.3 is 0 Å². The summed E-state index contributed by atoms with van der Waals surface area (Å²) in [7, 11) is 0. The van der Waals surface area contributed by atoms with Crippen LogP contribution in [0.15, 0.2) is 30.3 Å². The van der Waals surface area contributed by atoms with Gasteiger partial charge in [-0.3, -0.25) is 0 Å². The third-order valence-electron chi connectivity index (χ3n) is 3.03. The van der Waals surface area contributed by atoms with Crippen LogP contribution < -0.4 is 5.32 Å². The second kappa shape index (κ2) is 8.27. The molecule has 0 radical (unpaired) electrons. The van der Waals surface area contributed by atoms with E-state index in [1.807, 2.05) is 6.07 Å². The van der Waals surface area contributed by atoms with Crippen LogP contribution in [-0.2, 0) is 17.9 Å². The van der Waals surface area contributed by atoms with E-state index in [1.54, 1.807) is 11.3 Å². The molecule has 0 aliphatic rings. The first kappa shape index (κ1) is 16.1. The number of nitrogens with zero attached hydrogens (tertiary/aromatic N) is 1. The lowest BCUT2D eigenvalue weighted by Gasteiger charge is -2.07. The number of aromatic nitrogens is 1. The number of hydrogen-bond donors (Lipinski definition) is 1. The summed E-state index contributed by atoms with van der Waals surface area (Å²) >= 11 is 1.75. The van der Waals surface area contributed by atoms with Crippen LogP contribution in [0.3, 0.4) is 0 Å². The lowest BCUT2D eigenvalue weighted by molar-refractivity contribution is 0.121. The molecular formula is C17H24N2OS. The molecule has 0 spiro atoms. The Bertz CT molecular complexity index is 537. The summed E-state index contributed by atoms with van der Waals surface area (Å²) in [5.41, 5.74) is 2.26. The molecule has 0 saturated carbocycles. The van der Waals surface area contributed by atoms with E-state index in [-0.39, 0.29) is 0 Å². The van der Waals surface area contributed by atoms with Gasteiger partial charge < -0.3 is 10.1 Å². The fourth-order valence-electron chi connectivity index (χ4n) is 2.00. The highest BCUT2D eigenvalue weighted by atomic mass is 32.1. The van der Waals surface area contributed by atoms with Gasteiger partial charge in [0, 0.05) is 29.6 Å². The minimum absolute atomic E-state index is 0.468. The topological polar surface area (TPSA) is 34.1 Å². The van der Waals surface area contributed by atoms with Crippen molar-refractivity contribution in [3.05, 3.63) is 40.2 Å². The van der Waals surface area contributed by atoms with Gasteiger partial charge in [0.1, 0.15) is 5.01 Å². The summed E-state index contributed by atoms with van der Waals surface area (Å²) in [6.45, 7) is 8.70. The predicted octanol–water partition coefficient (Wildman–Crippen LogP) is 4.23. The molecular weight excluding hydrogens is 280 g/mol. The van der Waals surface area contributed by atoms with Gasteiger partial charge in [-0.05, 0) is 6.42 Å². The Kier molecular flexibility index (Phi) is 6.36. The molecule has 2 rings (SSSR count). The van der Waals surface area contributed by atoms with Crippen LogP contribution in [0.25, 0.3) is 11.3 Å². The molecule has 4 heteroatoms. The molecule has 0 fully saturated rings.